The first-order valence-electron chi connectivity index (χ1n) is 6.20. The van der Waals surface area contributed by atoms with Gasteiger partial charge in [-0.05, 0) is 36.9 Å². The van der Waals surface area contributed by atoms with E-state index < -0.39 is 5.97 Å². The fourth-order valence-corrected chi connectivity index (χ4v) is 2.84. The fraction of sp³-hybridized carbons (Fsp3) is 0.200. The predicted octanol–water partition coefficient (Wildman–Crippen LogP) is 2.87. The second kappa shape index (κ2) is 6.98. The van der Waals surface area contributed by atoms with Gasteiger partial charge in [0.25, 0.3) is 0 Å². The Balaban J connectivity index is 1.91. The minimum atomic E-state index is -0.923. The van der Waals surface area contributed by atoms with E-state index >= 15 is 0 Å². The van der Waals surface area contributed by atoms with Crippen LogP contribution in [-0.4, -0.2) is 28.0 Å². The van der Waals surface area contributed by atoms with Crippen molar-refractivity contribution in [3.05, 3.63) is 58.1 Å². The van der Waals surface area contributed by atoms with Crippen LogP contribution in [-0.2, 0) is 17.9 Å². The average molecular weight is 288 g/mol. The number of carboxylic acid groups (broad SMARTS) is 1. The van der Waals surface area contributed by atoms with E-state index in [1.165, 1.54) is 10.4 Å². The molecule has 0 saturated carbocycles. The number of pyridine rings is 1. The van der Waals surface area contributed by atoms with Crippen LogP contribution in [0.4, 0.5) is 0 Å². The monoisotopic (exact) mass is 288 g/mol. The SMILES string of the molecule is CN(Cc1cccnc1)Cc1ccc(C=CC(=O)O)s1. The van der Waals surface area contributed by atoms with E-state index in [2.05, 4.69) is 23.0 Å². The molecule has 0 aromatic carbocycles. The van der Waals surface area contributed by atoms with E-state index in [4.69, 9.17) is 5.11 Å². The predicted molar refractivity (Wildman–Crippen MR) is 80.4 cm³/mol. The van der Waals surface area contributed by atoms with Gasteiger partial charge in [0.1, 0.15) is 0 Å². The Kier molecular flexibility index (Phi) is 5.03. The molecular weight excluding hydrogens is 272 g/mol. The Hall–Kier alpha value is -1.98. The van der Waals surface area contributed by atoms with Gasteiger partial charge in [-0.1, -0.05) is 6.07 Å². The Morgan fingerprint density at radius 1 is 1.40 bits per heavy atom. The van der Waals surface area contributed by atoms with E-state index in [1.54, 1.807) is 23.6 Å². The van der Waals surface area contributed by atoms with Gasteiger partial charge in [0.2, 0.25) is 0 Å². The summed E-state index contributed by atoms with van der Waals surface area (Å²) in [6.45, 7) is 1.67. The summed E-state index contributed by atoms with van der Waals surface area (Å²) >= 11 is 1.61. The molecule has 4 nitrogen and oxygen atoms in total. The molecule has 0 saturated heterocycles. The van der Waals surface area contributed by atoms with Crippen molar-refractivity contribution < 1.29 is 9.90 Å². The van der Waals surface area contributed by atoms with Gasteiger partial charge < -0.3 is 5.11 Å². The molecule has 2 heterocycles. The van der Waals surface area contributed by atoms with E-state index in [0.717, 1.165) is 24.0 Å². The normalized spacial score (nSPS) is 11.3. The highest BCUT2D eigenvalue weighted by molar-refractivity contribution is 7.12. The number of carbonyl (C=O) groups is 1. The van der Waals surface area contributed by atoms with Gasteiger partial charge in [-0.25, -0.2) is 4.79 Å². The van der Waals surface area contributed by atoms with Gasteiger partial charge in [0, 0.05) is 41.3 Å². The van der Waals surface area contributed by atoms with Crippen molar-refractivity contribution in [2.24, 2.45) is 0 Å². The summed E-state index contributed by atoms with van der Waals surface area (Å²) in [6, 6.07) is 7.96. The molecule has 0 aliphatic carbocycles. The van der Waals surface area contributed by atoms with Crippen LogP contribution >= 0.6 is 11.3 Å². The molecular formula is C15H16N2O2S. The van der Waals surface area contributed by atoms with Gasteiger partial charge in [0.15, 0.2) is 0 Å². The van der Waals surface area contributed by atoms with Crippen LogP contribution < -0.4 is 0 Å². The first-order chi connectivity index (χ1) is 9.63. The number of carboxylic acids is 1. The quantitative estimate of drug-likeness (QED) is 0.830. The summed E-state index contributed by atoms with van der Waals surface area (Å²) in [5.74, 6) is -0.923. The van der Waals surface area contributed by atoms with Crippen molar-refractivity contribution in [2.45, 2.75) is 13.1 Å². The average Bonchev–Trinajstić information content (AvgIpc) is 2.85. The molecule has 1 N–H and O–H groups in total. The zero-order chi connectivity index (χ0) is 14.4. The lowest BCUT2D eigenvalue weighted by molar-refractivity contribution is -0.131. The molecule has 2 rings (SSSR count). The number of thiophene rings is 1. The Morgan fingerprint density at radius 2 is 2.25 bits per heavy atom. The van der Waals surface area contributed by atoms with Crippen LogP contribution in [0.25, 0.3) is 6.08 Å². The molecule has 0 atom stereocenters. The maximum absolute atomic E-state index is 10.5. The standard InChI is InChI=1S/C15H16N2O2S/c1-17(10-12-3-2-8-16-9-12)11-14-5-4-13(20-14)6-7-15(18)19/h2-9H,10-11H2,1H3,(H,18,19). The molecule has 5 heteroatoms. The van der Waals surface area contributed by atoms with Crippen molar-refractivity contribution >= 4 is 23.4 Å². The zero-order valence-corrected chi connectivity index (χ0v) is 12.0. The first kappa shape index (κ1) is 14.4. The molecule has 0 aliphatic heterocycles. The summed E-state index contributed by atoms with van der Waals surface area (Å²) in [4.78, 5) is 18.9. The molecule has 0 amide bonds. The largest absolute Gasteiger partial charge is 0.478 e. The fourth-order valence-electron chi connectivity index (χ4n) is 1.85. The highest BCUT2D eigenvalue weighted by Crippen LogP contribution is 2.19. The molecule has 0 fully saturated rings. The van der Waals surface area contributed by atoms with Crippen LogP contribution in [0.15, 0.2) is 42.7 Å². The molecule has 0 radical (unpaired) electrons. The van der Waals surface area contributed by atoms with Crippen LogP contribution in [0.5, 0.6) is 0 Å². The lowest BCUT2D eigenvalue weighted by atomic mass is 10.2. The van der Waals surface area contributed by atoms with Crippen LogP contribution in [0, 0.1) is 0 Å². The number of hydrogen-bond acceptors (Lipinski definition) is 4. The summed E-state index contributed by atoms with van der Waals surface area (Å²) in [7, 11) is 2.06. The highest BCUT2D eigenvalue weighted by atomic mass is 32.1. The van der Waals surface area contributed by atoms with E-state index in [-0.39, 0.29) is 0 Å². The van der Waals surface area contributed by atoms with E-state index in [1.807, 2.05) is 24.4 Å². The Bertz CT molecular complexity index is 593. The van der Waals surface area contributed by atoms with Crippen LogP contribution in [0.2, 0.25) is 0 Å². The number of nitrogens with zero attached hydrogens (tertiary/aromatic N) is 2. The van der Waals surface area contributed by atoms with Gasteiger partial charge >= 0.3 is 5.97 Å². The van der Waals surface area contributed by atoms with Crippen LogP contribution in [0.1, 0.15) is 15.3 Å². The molecule has 2 aromatic rings. The molecule has 20 heavy (non-hydrogen) atoms. The zero-order valence-electron chi connectivity index (χ0n) is 11.2. The maximum atomic E-state index is 10.5. The second-order valence-corrected chi connectivity index (χ2v) is 5.71. The third-order valence-electron chi connectivity index (χ3n) is 2.67. The minimum absolute atomic E-state index is 0.834. The van der Waals surface area contributed by atoms with Crippen LogP contribution in [0.3, 0.4) is 0 Å². The van der Waals surface area contributed by atoms with E-state index in [9.17, 15) is 4.79 Å². The van der Waals surface area contributed by atoms with Crippen molar-refractivity contribution in [1.29, 1.82) is 0 Å². The summed E-state index contributed by atoms with van der Waals surface area (Å²) < 4.78 is 0. The first-order valence-corrected chi connectivity index (χ1v) is 7.02. The molecule has 0 aliphatic rings. The van der Waals surface area contributed by atoms with Gasteiger partial charge in [-0.3, -0.25) is 9.88 Å². The van der Waals surface area contributed by atoms with Gasteiger partial charge in [-0.2, -0.15) is 0 Å². The van der Waals surface area contributed by atoms with Crippen molar-refractivity contribution in [2.75, 3.05) is 7.05 Å². The Morgan fingerprint density at radius 3 is 2.95 bits per heavy atom. The smallest absolute Gasteiger partial charge is 0.328 e. The molecule has 0 unspecified atom stereocenters. The number of hydrogen-bond donors (Lipinski definition) is 1. The lowest BCUT2D eigenvalue weighted by Crippen LogP contribution is -2.16. The van der Waals surface area contributed by atoms with Crippen molar-refractivity contribution in [3.8, 4) is 0 Å². The summed E-state index contributed by atoms with van der Waals surface area (Å²) in [5, 5.41) is 8.59. The number of aromatic nitrogens is 1. The highest BCUT2D eigenvalue weighted by Gasteiger charge is 2.04. The topological polar surface area (TPSA) is 53.4 Å². The summed E-state index contributed by atoms with van der Waals surface area (Å²) in [6.07, 6.45) is 6.42. The third kappa shape index (κ3) is 4.60. The lowest BCUT2D eigenvalue weighted by Gasteiger charge is -2.15. The summed E-state index contributed by atoms with van der Waals surface area (Å²) in [5.41, 5.74) is 1.18. The van der Waals surface area contributed by atoms with Gasteiger partial charge in [-0.15, -0.1) is 11.3 Å². The molecule has 2 aromatic heterocycles. The minimum Gasteiger partial charge on any atom is -0.478 e. The Labute approximate surface area is 122 Å². The number of rotatable bonds is 6. The third-order valence-corrected chi connectivity index (χ3v) is 3.71. The molecule has 0 spiro atoms. The van der Waals surface area contributed by atoms with Gasteiger partial charge in [0.05, 0.1) is 0 Å². The molecule has 0 bridgehead atoms. The maximum Gasteiger partial charge on any atom is 0.328 e. The van der Waals surface area contributed by atoms with Crippen molar-refractivity contribution in [1.82, 2.24) is 9.88 Å². The van der Waals surface area contributed by atoms with Crippen molar-refractivity contribution in [3.63, 3.8) is 0 Å². The van der Waals surface area contributed by atoms with E-state index in [0.29, 0.717) is 0 Å². The molecule has 104 valence electrons. The number of aliphatic carboxylic acids is 1. The second-order valence-electron chi connectivity index (χ2n) is 4.51.